The van der Waals surface area contributed by atoms with Crippen LogP contribution < -0.4 is 23.0 Å². The minimum atomic E-state index is -0.256. The van der Waals surface area contributed by atoms with E-state index < -0.39 is 0 Å². The van der Waals surface area contributed by atoms with Crippen molar-refractivity contribution in [3.63, 3.8) is 0 Å². The van der Waals surface area contributed by atoms with Gasteiger partial charge in [0.15, 0.2) is 0 Å². The SMILES string of the molecule is Nc1ccc(C(=O)OCCC[NH+]2CCCCC2)cc1.[Cl-]. The molecule has 1 saturated heterocycles. The second kappa shape index (κ2) is 8.82. The zero-order valence-corrected chi connectivity index (χ0v) is 12.5. The van der Waals surface area contributed by atoms with Crippen LogP contribution in [0.3, 0.4) is 0 Å². The van der Waals surface area contributed by atoms with Crippen molar-refractivity contribution in [3.8, 4) is 0 Å². The molecule has 1 aliphatic heterocycles. The Morgan fingerprint density at radius 1 is 1.15 bits per heavy atom. The molecular formula is C15H23ClN2O2. The summed E-state index contributed by atoms with van der Waals surface area (Å²) in [6.45, 7) is 4.15. The van der Waals surface area contributed by atoms with E-state index >= 15 is 0 Å². The topological polar surface area (TPSA) is 56.8 Å². The number of esters is 1. The van der Waals surface area contributed by atoms with Crippen LogP contribution in [0.2, 0.25) is 0 Å². The van der Waals surface area contributed by atoms with Gasteiger partial charge in [-0.25, -0.2) is 4.79 Å². The van der Waals surface area contributed by atoms with Crippen molar-refractivity contribution in [2.75, 3.05) is 32.0 Å². The van der Waals surface area contributed by atoms with Gasteiger partial charge >= 0.3 is 5.97 Å². The van der Waals surface area contributed by atoms with Gasteiger partial charge in [0.1, 0.15) is 0 Å². The molecule has 1 fully saturated rings. The van der Waals surface area contributed by atoms with Gasteiger partial charge in [-0.05, 0) is 43.5 Å². The highest BCUT2D eigenvalue weighted by Gasteiger charge is 2.13. The number of benzene rings is 1. The van der Waals surface area contributed by atoms with Crippen molar-refractivity contribution < 1.29 is 26.8 Å². The van der Waals surface area contributed by atoms with Crippen LogP contribution in [-0.4, -0.2) is 32.2 Å². The van der Waals surface area contributed by atoms with Crippen LogP contribution >= 0.6 is 0 Å². The minimum Gasteiger partial charge on any atom is -1.00 e. The van der Waals surface area contributed by atoms with Crippen LogP contribution in [0.4, 0.5) is 5.69 Å². The van der Waals surface area contributed by atoms with Crippen molar-refractivity contribution in [1.82, 2.24) is 0 Å². The Labute approximate surface area is 126 Å². The maximum Gasteiger partial charge on any atom is 0.338 e. The largest absolute Gasteiger partial charge is 1.00 e. The van der Waals surface area contributed by atoms with Crippen LogP contribution in [0.5, 0.6) is 0 Å². The van der Waals surface area contributed by atoms with Gasteiger partial charge in [-0.2, -0.15) is 0 Å². The van der Waals surface area contributed by atoms with E-state index in [0.29, 0.717) is 17.9 Å². The number of nitrogens with two attached hydrogens (primary N) is 1. The Kier molecular flexibility index (Phi) is 7.41. The lowest BCUT2D eigenvalue weighted by Crippen LogP contribution is -3.12. The summed E-state index contributed by atoms with van der Waals surface area (Å²) in [5.74, 6) is -0.256. The number of hydrogen-bond acceptors (Lipinski definition) is 3. The van der Waals surface area contributed by atoms with Crippen LogP contribution in [0.1, 0.15) is 36.0 Å². The fraction of sp³-hybridized carbons (Fsp3) is 0.533. The fourth-order valence-corrected chi connectivity index (χ4v) is 2.49. The molecule has 112 valence electrons. The summed E-state index contributed by atoms with van der Waals surface area (Å²) in [6.07, 6.45) is 4.98. The van der Waals surface area contributed by atoms with Gasteiger partial charge in [0, 0.05) is 12.1 Å². The summed E-state index contributed by atoms with van der Waals surface area (Å²) in [6, 6.07) is 6.84. The third-order valence-corrected chi connectivity index (χ3v) is 3.61. The van der Waals surface area contributed by atoms with Gasteiger partial charge in [0.2, 0.25) is 0 Å². The number of ether oxygens (including phenoxy) is 1. The normalized spacial score (nSPS) is 15.4. The van der Waals surface area contributed by atoms with Crippen LogP contribution in [0.25, 0.3) is 0 Å². The lowest BCUT2D eigenvalue weighted by Gasteiger charge is -2.23. The highest BCUT2D eigenvalue weighted by molar-refractivity contribution is 5.89. The maximum absolute atomic E-state index is 11.7. The Morgan fingerprint density at radius 3 is 2.45 bits per heavy atom. The third kappa shape index (κ3) is 5.39. The van der Waals surface area contributed by atoms with Gasteiger partial charge in [0.05, 0.1) is 31.8 Å². The number of anilines is 1. The number of piperidine rings is 1. The first-order valence-corrected chi connectivity index (χ1v) is 7.12. The Bertz CT molecular complexity index is 403. The molecule has 0 spiro atoms. The Morgan fingerprint density at radius 2 is 1.80 bits per heavy atom. The van der Waals surface area contributed by atoms with Gasteiger partial charge in [-0.1, -0.05) is 0 Å². The number of hydrogen-bond donors (Lipinski definition) is 2. The quantitative estimate of drug-likeness (QED) is 0.372. The van der Waals surface area contributed by atoms with E-state index in [1.54, 1.807) is 29.2 Å². The van der Waals surface area contributed by atoms with E-state index in [4.69, 9.17) is 10.5 Å². The Hall–Kier alpha value is -1.26. The highest BCUT2D eigenvalue weighted by atomic mass is 35.5. The standard InChI is InChI=1S/C15H22N2O2.ClH/c16-14-7-5-13(6-8-14)15(18)19-12-4-11-17-9-2-1-3-10-17;/h5-8H,1-4,9-12,16H2;1H. The number of halogens is 1. The van der Waals surface area contributed by atoms with Gasteiger partial charge < -0.3 is 27.8 Å². The molecular weight excluding hydrogens is 276 g/mol. The van der Waals surface area contributed by atoms with E-state index in [2.05, 4.69) is 0 Å². The summed E-state index contributed by atoms with van der Waals surface area (Å²) >= 11 is 0. The van der Waals surface area contributed by atoms with Gasteiger partial charge in [-0.15, -0.1) is 0 Å². The predicted octanol–water partition coefficient (Wildman–Crippen LogP) is -2.11. The smallest absolute Gasteiger partial charge is 0.338 e. The van der Waals surface area contributed by atoms with Gasteiger partial charge in [-0.3, -0.25) is 0 Å². The molecule has 0 unspecified atom stereocenters. The molecule has 0 radical (unpaired) electrons. The van der Waals surface area contributed by atoms with E-state index in [-0.39, 0.29) is 18.4 Å². The third-order valence-electron chi connectivity index (χ3n) is 3.61. The summed E-state index contributed by atoms with van der Waals surface area (Å²) in [7, 11) is 0. The summed E-state index contributed by atoms with van der Waals surface area (Å²) in [4.78, 5) is 13.4. The molecule has 0 bridgehead atoms. The molecule has 2 rings (SSSR count). The van der Waals surface area contributed by atoms with Crippen molar-refractivity contribution in [1.29, 1.82) is 0 Å². The van der Waals surface area contributed by atoms with Crippen molar-refractivity contribution in [2.24, 2.45) is 0 Å². The predicted molar refractivity (Wildman–Crippen MR) is 75.2 cm³/mol. The van der Waals surface area contributed by atoms with E-state index in [9.17, 15) is 4.79 Å². The monoisotopic (exact) mass is 298 g/mol. The highest BCUT2D eigenvalue weighted by Crippen LogP contribution is 2.06. The summed E-state index contributed by atoms with van der Waals surface area (Å²) in [5, 5.41) is 0. The van der Waals surface area contributed by atoms with E-state index in [1.807, 2.05) is 0 Å². The lowest BCUT2D eigenvalue weighted by molar-refractivity contribution is -0.905. The average molecular weight is 299 g/mol. The number of nitrogen functional groups attached to an aromatic ring is 1. The van der Waals surface area contributed by atoms with Crippen LogP contribution in [-0.2, 0) is 4.74 Å². The molecule has 1 aromatic rings. The Balaban J connectivity index is 0.00000200. The molecule has 0 aliphatic carbocycles. The molecule has 0 amide bonds. The number of nitrogens with one attached hydrogen (secondary N) is 1. The molecule has 1 aromatic carbocycles. The zero-order valence-electron chi connectivity index (χ0n) is 11.7. The number of likely N-dealkylation sites (tertiary alicyclic amines) is 1. The molecule has 5 heteroatoms. The van der Waals surface area contributed by atoms with E-state index in [0.717, 1.165) is 13.0 Å². The molecule has 20 heavy (non-hydrogen) atoms. The number of carbonyl (C=O) groups excluding carboxylic acids is 1. The second-order valence-electron chi connectivity index (χ2n) is 5.17. The van der Waals surface area contributed by atoms with Crippen molar-refractivity contribution in [3.05, 3.63) is 29.8 Å². The maximum atomic E-state index is 11.7. The van der Waals surface area contributed by atoms with E-state index in [1.165, 1.54) is 32.4 Å². The summed E-state index contributed by atoms with van der Waals surface area (Å²) in [5.41, 5.74) is 6.80. The molecule has 1 aliphatic rings. The molecule has 1 heterocycles. The number of quaternary nitrogens is 1. The second-order valence-corrected chi connectivity index (χ2v) is 5.17. The van der Waals surface area contributed by atoms with Crippen LogP contribution in [0, 0.1) is 0 Å². The average Bonchev–Trinajstić information content (AvgIpc) is 2.45. The van der Waals surface area contributed by atoms with Crippen LogP contribution in [0.15, 0.2) is 24.3 Å². The number of carbonyl (C=O) groups is 1. The van der Waals surface area contributed by atoms with Crippen molar-refractivity contribution >= 4 is 11.7 Å². The first-order chi connectivity index (χ1) is 9.25. The first-order valence-electron chi connectivity index (χ1n) is 7.12. The minimum absolute atomic E-state index is 0. The molecule has 0 atom stereocenters. The zero-order chi connectivity index (χ0) is 13.5. The molecule has 0 aromatic heterocycles. The number of rotatable bonds is 5. The van der Waals surface area contributed by atoms with Crippen molar-refractivity contribution in [2.45, 2.75) is 25.7 Å². The first kappa shape index (κ1) is 16.8. The summed E-state index contributed by atoms with van der Waals surface area (Å²) < 4.78 is 5.27. The molecule has 4 nitrogen and oxygen atoms in total. The molecule has 3 N–H and O–H groups in total. The molecule has 0 saturated carbocycles. The van der Waals surface area contributed by atoms with Gasteiger partial charge in [0.25, 0.3) is 0 Å². The fourth-order valence-electron chi connectivity index (χ4n) is 2.49. The lowest BCUT2D eigenvalue weighted by atomic mass is 10.1.